The van der Waals surface area contributed by atoms with Gasteiger partial charge in [-0.05, 0) is 30.3 Å². The highest BCUT2D eigenvalue weighted by atomic mass is 19.1. The number of hydrogen-bond acceptors (Lipinski definition) is 5. The second kappa shape index (κ2) is 5.59. The summed E-state index contributed by atoms with van der Waals surface area (Å²) in [6.45, 7) is -0.359. The predicted molar refractivity (Wildman–Crippen MR) is 83.3 cm³/mol. The summed E-state index contributed by atoms with van der Waals surface area (Å²) in [4.78, 5) is 23.8. The molecule has 0 fully saturated rings. The zero-order chi connectivity index (χ0) is 17.6. The number of carboxylic acids is 1. The fraction of sp³-hybridized carbons (Fsp3) is 0.118. The molecule has 1 N–H and O–H groups in total. The Morgan fingerprint density at radius 3 is 2.52 bits per heavy atom. The summed E-state index contributed by atoms with van der Waals surface area (Å²) in [5.41, 5.74) is 0.763. The molecule has 4 rings (SSSR count). The fourth-order valence-electron chi connectivity index (χ4n) is 2.72. The summed E-state index contributed by atoms with van der Waals surface area (Å²) >= 11 is 0. The number of aliphatic carboxylic acids is 1. The molecule has 3 aromatic rings. The van der Waals surface area contributed by atoms with Crippen molar-refractivity contribution in [1.82, 2.24) is 9.78 Å². The van der Waals surface area contributed by atoms with Gasteiger partial charge in [0, 0.05) is 17.0 Å². The summed E-state index contributed by atoms with van der Waals surface area (Å²) < 4.78 is 24.9. The summed E-state index contributed by atoms with van der Waals surface area (Å²) in [7, 11) is 0. The summed E-state index contributed by atoms with van der Waals surface area (Å²) in [6, 6.07) is 8.25. The maximum atomic E-state index is 13.1. The Morgan fingerprint density at radius 2 is 1.84 bits per heavy atom. The van der Waals surface area contributed by atoms with E-state index in [0.717, 1.165) is 0 Å². The molecular formula is C17H11FN2O5. The van der Waals surface area contributed by atoms with Gasteiger partial charge in [0.1, 0.15) is 18.1 Å². The molecule has 0 unspecified atom stereocenters. The van der Waals surface area contributed by atoms with E-state index in [1.165, 1.54) is 28.9 Å². The number of nitrogens with zero attached hydrogens (tertiary/aromatic N) is 2. The standard InChI is InChI=1S/C17H11FN2O5/c18-10-3-1-9(2-4-10)17(23)16-11-5-13-14(25-8-24-13)6-12(11)20(19-16)7-15(21)22/h1-6H,7-8H2,(H,21,22). The fourth-order valence-corrected chi connectivity index (χ4v) is 2.72. The van der Waals surface area contributed by atoms with Crippen LogP contribution in [0, 0.1) is 5.82 Å². The second-order valence-corrected chi connectivity index (χ2v) is 5.46. The molecular weight excluding hydrogens is 331 g/mol. The van der Waals surface area contributed by atoms with Crippen LogP contribution >= 0.6 is 0 Å². The van der Waals surface area contributed by atoms with Crippen LogP contribution in [0.4, 0.5) is 4.39 Å². The van der Waals surface area contributed by atoms with E-state index in [1.54, 1.807) is 12.1 Å². The third kappa shape index (κ3) is 2.57. The molecule has 0 atom stereocenters. The van der Waals surface area contributed by atoms with Crippen LogP contribution in [0.5, 0.6) is 11.5 Å². The van der Waals surface area contributed by atoms with E-state index in [-0.39, 0.29) is 18.1 Å². The molecule has 0 saturated heterocycles. The molecule has 0 spiro atoms. The van der Waals surface area contributed by atoms with Gasteiger partial charge in [0.25, 0.3) is 0 Å². The zero-order valence-corrected chi connectivity index (χ0v) is 12.7. The quantitative estimate of drug-likeness (QED) is 0.731. The molecule has 0 bridgehead atoms. The van der Waals surface area contributed by atoms with Crippen LogP contribution in [0.15, 0.2) is 36.4 Å². The van der Waals surface area contributed by atoms with Crippen LogP contribution in [0.3, 0.4) is 0 Å². The van der Waals surface area contributed by atoms with Gasteiger partial charge in [-0.1, -0.05) is 0 Å². The van der Waals surface area contributed by atoms with Crippen molar-refractivity contribution in [2.24, 2.45) is 0 Å². The molecule has 2 heterocycles. The van der Waals surface area contributed by atoms with Crippen molar-refractivity contribution in [2.45, 2.75) is 6.54 Å². The summed E-state index contributed by atoms with van der Waals surface area (Å²) in [5, 5.41) is 13.7. The molecule has 25 heavy (non-hydrogen) atoms. The van der Waals surface area contributed by atoms with Crippen LogP contribution in [-0.4, -0.2) is 33.4 Å². The maximum Gasteiger partial charge on any atom is 0.325 e. The van der Waals surface area contributed by atoms with E-state index in [4.69, 9.17) is 14.6 Å². The van der Waals surface area contributed by atoms with Crippen LogP contribution in [-0.2, 0) is 11.3 Å². The van der Waals surface area contributed by atoms with Crippen molar-refractivity contribution >= 4 is 22.7 Å². The third-order valence-electron chi connectivity index (χ3n) is 3.85. The largest absolute Gasteiger partial charge is 0.480 e. The third-order valence-corrected chi connectivity index (χ3v) is 3.85. The number of aromatic nitrogens is 2. The SMILES string of the molecule is O=C(O)Cn1nc(C(=O)c2ccc(F)cc2)c2cc3c(cc21)OCO3. The van der Waals surface area contributed by atoms with Crippen molar-refractivity contribution in [3.05, 3.63) is 53.5 Å². The maximum absolute atomic E-state index is 13.1. The molecule has 0 radical (unpaired) electrons. The van der Waals surface area contributed by atoms with Crippen LogP contribution in [0.2, 0.25) is 0 Å². The van der Waals surface area contributed by atoms with Crippen molar-refractivity contribution in [3.8, 4) is 11.5 Å². The highest BCUT2D eigenvalue weighted by Crippen LogP contribution is 2.37. The van der Waals surface area contributed by atoms with E-state index in [0.29, 0.717) is 22.4 Å². The monoisotopic (exact) mass is 342 g/mol. The molecule has 2 aromatic carbocycles. The van der Waals surface area contributed by atoms with Gasteiger partial charge in [-0.2, -0.15) is 5.10 Å². The first-order valence-electron chi connectivity index (χ1n) is 7.35. The Bertz CT molecular complexity index is 1010. The normalized spacial score (nSPS) is 12.5. The Balaban J connectivity index is 1.89. The second-order valence-electron chi connectivity index (χ2n) is 5.46. The lowest BCUT2D eigenvalue weighted by atomic mass is 10.0. The first-order valence-corrected chi connectivity index (χ1v) is 7.35. The molecule has 8 heteroatoms. The van der Waals surface area contributed by atoms with Gasteiger partial charge in [0.2, 0.25) is 12.6 Å². The van der Waals surface area contributed by atoms with Crippen molar-refractivity contribution in [1.29, 1.82) is 0 Å². The molecule has 1 aliphatic heterocycles. The molecule has 126 valence electrons. The number of carbonyl (C=O) groups is 2. The number of ether oxygens (including phenoxy) is 2. The number of halogens is 1. The van der Waals surface area contributed by atoms with Crippen molar-refractivity contribution < 1.29 is 28.6 Å². The number of hydrogen-bond donors (Lipinski definition) is 1. The molecule has 0 saturated carbocycles. The highest BCUT2D eigenvalue weighted by molar-refractivity contribution is 6.15. The van der Waals surface area contributed by atoms with E-state index >= 15 is 0 Å². The van der Waals surface area contributed by atoms with Gasteiger partial charge in [0.05, 0.1) is 5.52 Å². The zero-order valence-electron chi connectivity index (χ0n) is 12.7. The smallest absolute Gasteiger partial charge is 0.325 e. The molecule has 1 aliphatic rings. The lowest BCUT2D eigenvalue weighted by Gasteiger charge is -2.00. The molecule has 0 amide bonds. The predicted octanol–water partition coefficient (Wildman–Crippen LogP) is 2.22. The minimum Gasteiger partial charge on any atom is -0.480 e. The molecule has 0 aliphatic carbocycles. The van der Waals surface area contributed by atoms with E-state index in [9.17, 15) is 14.0 Å². The van der Waals surface area contributed by atoms with E-state index in [1.807, 2.05) is 0 Å². The highest BCUT2D eigenvalue weighted by Gasteiger charge is 2.24. The van der Waals surface area contributed by atoms with Gasteiger partial charge in [0.15, 0.2) is 11.5 Å². The van der Waals surface area contributed by atoms with Gasteiger partial charge in [-0.25, -0.2) is 4.39 Å². The Labute approximate surface area is 140 Å². The number of carboxylic acid groups (broad SMARTS) is 1. The number of rotatable bonds is 4. The minimum atomic E-state index is -1.09. The Kier molecular flexibility index (Phi) is 3.38. The average Bonchev–Trinajstić information content (AvgIpc) is 3.17. The summed E-state index contributed by atoms with van der Waals surface area (Å²) in [5.74, 6) is -1.08. The number of carbonyl (C=O) groups excluding carboxylic acids is 1. The lowest BCUT2D eigenvalue weighted by molar-refractivity contribution is -0.137. The first kappa shape index (κ1) is 15.1. The minimum absolute atomic E-state index is 0.0511. The molecule has 7 nitrogen and oxygen atoms in total. The van der Waals surface area contributed by atoms with Crippen LogP contribution in [0.1, 0.15) is 16.1 Å². The number of fused-ring (bicyclic) bond motifs is 2. The van der Waals surface area contributed by atoms with E-state index in [2.05, 4.69) is 5.10 Å². The van der Waals surface area contributed by atoms with Crippen molar-refractivity contribution in [3.63, 3.8) is 0 Å². The lowest BCUT2D eigenvalue weighted by Crippen LogP contribution is -2.11. The average molecular weight is 342 g/mol. The van der Waals surface area contributed by atoms with Gasteiger partial charge < -0.3 is 14.6 Å². The van der Waals surface area contributed by atoms with Crippen LogP contribution in [0.25, 0.3) is 10.9 Å². The van der Waals surface area contributed by atoms with Gasteiger partial charge in [-0.3, -0.25) is 14.3 Å². The van der Waals surface area contributed by atoms with Gasteiger partial charge in [-0.15, -0.1) is 0 Å². The number of benzene rings is 2. The topological polar surface area (TPSA) is 90.7 Å². The van der Waals surface area contributed by atoms with E-state index < -0.39 is 24.1 Å². The first-order chi connectivity index (χ1) is 12.0. The van der Waals surface area contributed by atoms with Gasteiger partial charge >= 0.3 is 5.97 Å². The summed E-state index contributed by atoms with van der Waals surface area (Å²) in [6.07, 6.45) is 0. The molecule has 1 aromatic heterocycles. The van der Waals surface area contributed by atoms with Crippen molar-refractivity contribution in [2.75, 3.05) is 6.79 Å². The number of ketones is 1. The Hall–Kier alpha value is -3.42. The Morgan fingerprint density at radius 1 is 1.16 bits per heavy atom. The van der Waals surface area contributed by atoms with Crippen LogP contribution < -0.4 is 9.47 Å².